The monoisotopic (exact) mass is 174 g/mol. The van der Waals surface area contributed by atoms with Gasteiger partial charge in [-0.2, -0.15) is 0 Å². The van der Waals surface area contributed by atoms with Crippen LogP contribution in [0.25, 0.3) is 0 Å². The molecule has 0 radical (unpaired) electrons. The van der Waals surface area contributed by atoms with Crippen molar-refractivity contribution in [2.24, 2.45) is 0 Å². The van der Waals surface area contributed by atoms with Crippen LogP contribution in [0.4, 0.5) is 0 Å². The number of pyridine rings is 1. The molecule has 1 heterocycles. The van der Waals surface area contributed by atoms with E-state index in [1.54, 1.807) is 9.75 Å². The normalized spacial score (nSPS) is 9.25. The maximum atomic E-state index is 4.09. The van der Waals surface area contributed by atoms with E-state index in [1.807, 2.05) is 24.4 Å². The van der Waals surface area contributed by atoms with Crippen molar-refractivity contribution in [2.75, 3.05) is 0 Å². The third-order valence-corrected chi connectivity index (χ3v) is 3.18. The molecule has 0 unspecified atom stereocenters. The molecule has 0 saturated carbocycles. The Hall–Kier alpha value is 0.123. The number of aromatic nitrogens is 1. The van der Waals surface area contributed by atoms with Crippen LogP contribution in [0.2, 0.25) is 0 Å². The second-order valence-corrected chi connectivity index (χ2v) is 3.84. The zero-order valence-corrected chi connectivity index (χ0v) is 8.16. The van der Waals surface area contributed by atoms with Gasteiger partial charge in [-0.1, -0.05) is 0 Å². The van der Waals surface area contributed by atoms with Gasteiger partial charge < -0.3 is 0 Å². The van der Waals surface area contributed by atoms with Gasteiger partial charge in [0.2, 0.25) is 0 Å². The molecule has 0 saturated heterocycles. The molecule has 37 valence electrons. The standard InChI is InChI=1S/C5H5NS.Zn/c7-5-3-1-2-4-6-5;/h1-4H,(H,6,7);/q;+1/p-1. The molecule has 0 fully saturated rings. The summed E-state index contributed by atoms with van der Waals surface area (Å²) in [5, 5.41) is 1.13. The molecule has 0 aliphatic carbocycles. The molecular weight excluding hydrogens is 172 g/mol. The third-order valence-electron chi connectivity index (χ3n) is 0.786. The van der Waals surface area contributed by atoms with Crippen molar-refractivity contribution in [3.8, 4) is 0 Å². The van der Waals surface area contributed by atoms with Gasteiger partial charge in [-0.25, -0.2) is 0 Å². The Kier molecular flexibility index (Phi) is 2.51. The van der Waals surface area contributed by atoms with Crippen molar-refractivity contribution in [3.63, 3.8) is 0 Å². The first kappa shape index (κ1) is 6.25. The van der Waals surface area contributed by atoms with Crippen molar-refractivity contribution in [3.05, 3.63) is 24.4 Å². The van der Waals surface area contributed by atoms with Crippen LogP contribution in [0.15, 0.2) is 29.4 Å². The predicted octanol–water partition coefficient (Wildman–Crippen LogP) is 1.64. The first-order valence-electron chi connectivity index (χ1n) is 2.26. The zero-order valence-electron chi connectivity index (χ0n) is 4.37. The van der Waals surface area contributed by atoms with E-state index in [1.165, 1.54) is 17.1 Å². The molecule has 0 aliphatic rings. The van der Waals surface area contributed by atoms with E-state index in [9.17, 15) is 0 Å². The molecule has 1 rings (SSSR count). The summed E-state index contributed by atoms with van der Waals surface area (Å²) in [4.78, 5) is 4.09. The molecule has 1 nitrogen and oxygen atoms in total. The summed E-state index contributed by atoms with van der Waals surface area (Å²) in [6, 6.07) is 5.96. The van der Waals surface area contributed by atoms with Gasteiger partial charge in [0.25, 0.3) is 0 Å². The Bertz CT molecular complexity index is 154. The Labute approximate surface area is 61.4 Å². The minimum absolute atomic E-state index is 1.13. The molecule has 0 spiro atoms. The first-order chi connectivity index (χ1) is 3.93. The van der Waals surface area contributed by atoms with Crippen LogP contribution < -0.4 is 0 Å². The van der Waals surface area contributed by atoms with Gasteiger partial charge in [-0.05, 0) is 0 Å². The van der Waals surface area contributed by atoms with E-state index >= 15 is 0 Å². The average Bonchev–Trinajstić information content (AvgIpc) is 1.90. The van der Waals surface area contributed by atoms with Crippen LogP contribution in [0.3, 0.4) is 0 Å². The van der Waals surface area contributed by atoms with Gasteiger partial charge in [0.15, 0.2) is 0 Å². The SMILES string of the molecule is [Zn][S]c1ccccn1. The van der Waals surface area contributed by atoms with Crippen molar-refractivity contribution in [1.82, 2.24) is 4.98 Å². The van der Waals surface area contributed by atoms with Crippen LogP contribution in [-0.2, 0) is 17.1 Å². The van der Waals surface area contributed by atoms with Crippen LogP contribution in [-0.4, -0.2) is 4.98 Å². The van der Waals surface area contributed by atoms with Crippen molar-refractivity contribution < 1.29 is 17.1 Å². The molecule has 0 N–H and O–H groups in total. The van der Waals surface area contributed by atoms with E-state index in [0.29, 0.717) is 0 Å². The van der Waals surface area contributed by atoms with E-state index in [4.69, 9.17) is 0 Å². The van der Waals surface area contributed by atoms with E-state index < -0.39 is 0 Å². The fraction of sp³-hybridized carbons (Fsp3) is 0. The Balaban J connectivity index is 2.83. The molecule has 0 aromatic carbocycles. The summed E-state index contributed by atoms with van der Waals surface area (Å²) in [6.07, 6.45) is 1.82. The van der Waals surface area contributed by atoms with Gasteiger partial charge in [-0.15, -0.1) is 0 Å². The molecular formula is C5H4NSZn. The van der Waals surface area contributed by atoms with Gasteiger partial charge >= 0.3 is 61.2 Å². The maximum absolute atomic E-state index is 4.09. The zero-order chi connectivity index (χ0) is 5.82. The topological polar surface area (TPSA) is 12.9 Å². The summed E-state index contributed by atoms with van der Waals surface area (Å²) < 4.78 is 0. The van der Waals surface area contributed by atoms with E-state index in [-0.39, 0.29) is 0 Å². The number of rotatable bonds is 1. The fourth-order valence-corrected chi connectivity index (χ4v) is 1.82. The van der Waals surface area contributed by atoms with Gasteiger partial charge in [0.1, 0.15) is 0 Å². The summed E-state index contributed by atoms with van der Waals surface area (Å²) in [7, 11) is 1.78. The minimum atomic E-state index is 1.13. The molecule has 0 atom stereocenters. The quantitative estimate of drug-likeness (QED) is 0.602. The molecule has 8 heavy (non-hydrogen) atoms. The average molecular weight is 176 g/mol. The second-order valence-electron chi connectivity index (χ2n) is 1.31. The Morgan fingerprint density at radius 1 is 1.50 bits per heavy atom. The van der Waals surface area contributed by atoms with Crippen LogP contribution in [0.5, 0.6) is 0 Å². The predicted molar refractivity (Wildman–Crippen MR) is 30.1 cm³/mol. The first-order valence-corrected chi connectivity index (χ1v) is 6.88. The fourth-order valence-electron chi connectivity index (χ4n) is 0.432. The van der Waals surface area contributed by atoms with Crippen LogP contribution in [0.1, 0.15) is 0 Å². The second kappa shape index (κ2) is 3.21. The number of nitrogens with zero attached hydrogens (tertiary/aromatic N) is 1. The summed E-state index contributed by atoms with van der Waals surface area (Å²) in [6.45, 7) is 0. The van der Waals surface area contributed by atoms with Crippen LogP contribution >= 0.6 is 9.75 Å². The Morgan fingerprint density at radius 3 is 2.75 bits per heavy atom. The molecule has 0 aliphatic heterocycles. The molecule has 0 bridgehead atoms. The van der Waals surface area contributed by atoms with Gasteiger partial charge in [0.05, 0.1) is 0 Å². The number of hydrogen-bond acceptors (Lipinski definition) is 2. The Morgan fingerprint density at radius 2 is 2.38 bits per heavy atom. The summed E-state index contributed by atoms with van der Waals surface area (Å²) in [5.74, 6) is 0. The van der Waals surface area contributed by atoms with Gasteiger partial charge in [0, 0.05) is 0 Å². The van der Waals surface area contributed by atoms with Crippen molar-refractivity contribution in [2.45, 2.75) is 5.03 Å². The van der Waals surface area contributed by atoms with Crippen LogP contribution in [0, 0.1) is 0 Å². The van der Waals surface area contributed by atoms with E-state index in [0.717, 1.165) is 5.03 Å². The third kappa shape index (κ3) is 1.57. The molecule has 1 aromatic heterocycles. The molecule has 3 heteroatoms. The summed E-state index contributed by atoms with van der Waals surface area (Å²) >= 11 is 1.22. The van der Waals surface area contributed by atoms with Crippen molar-refractivity contribution in [1.29, 1.82) is 0 Å². The molecule has 1 aromatic rings. The van der Waals surface area contributed by atoms with Crippen molar-refractivity contribution >= 4 is 9.75 Å². The van der Waals surface area contributed by atoms with Gasteiger partial charge in [-0.3, -0.25) is 0 Å². The number of hydrogen-bond donors (Lipinski definition) is 0. The van der Waals surface area contributed by atoms with E-state index in [2.05, 4.69) is 4.98 Å². The molecule has 0 amide bonds. The summed E-state index contributed by atoms with van der Waals surface area (Å²) in [5.41, 5.74) is 0.